The second kappa shape index (κ2) is 3.39. The van der Waals surface area contributed by atoms with Crippen molar-refractivity contribution in [2.75, 3.05) is 0 Å². The average molecular weight is 249 g/mol. The predicted octanol–water partition coefficient (Wildman–Crippen LogP) is 2.42. The van der Waals surface area contributed by atoms with Crippen LogP contribution in [0.15, 0.2) is 11.0 Å². The Labute approximate surface area is 81.3 Å². The van der Waals surface area contributed by atoms with Gasteiger partial charge in [0, 0.05) is 6.07 Å². The molecule has 0 fully saturated rings. The van der Waals surface area contributed by atoms with Crippen molar-refractivity contribution in [3.05, 3.63) is 28.5 Å². The van der Waals surface area contributed by atoms with Gasteiger partial charge >= 0.3 is 10.2 Å². The predicted molar refractivity (Wildman–Crippen MR) is 39.6 cm³/mol. The summed E-state index contributed by atoms with van der Waals surface area (Å²) in [5, 5.41) is -1.28. The van der Waals surface area contributed by atoms with Gasteiger partial charge in [-0.25, -0.2) is 13.2 Å². The van der Waals surface area contributed by atoms with Crippen LogP contribution in [0.4, 0.5) is 17.1 Å². The second-order valence-corrected chi connectivity index (χ2v) is 3.90. The normalized spacial score (nSPS) is 11.8. The molecule has 0 aromatic heterocycles. The van der Waals surface area contributed by atoms with Gasteiger partial charge in [0.05, 0.1) is 0 Å². The van der Waals surface area contributed by atoms with Crippen molar-refractivity contribution in [3.63, 3.8) is 0 Å². The topological polar surface area (TPSA) is 34.1 Å². The second-order valence-electron chi connectivity index (χ2n) is 2.24. The van der Waals surface area contributed by atoms with E-state index in [0.29, 0.717) is 0 Å². The minimum Gasteiger partial charge on any atom is -0.205 e. The van der Waals surface area contributed by atoms with E-state index in [1.54, 1.807) is 0 Å². The van der Waals surface area contributed by atoms with Crippen LogP contribution in [-0.4, -0.2) is 8.42 Å². The molecule has 14 heavy (non-hydrogen) atoms. The Bertz CT molecular complexity index is 485. The van der Waals surface area contributed by atoms with Crippen LogP contribution in [0.3, 0.4) is 0 Å². The zero-order valence-electron chi connectivity index (χ0n) is 6.19. The Morgan fingerprint density at radius 3 is 2.07 bits per heavy atom. The molecule has 0 atom stereocenters. The highest BCUT2D eigenvalue weighted by molar-refractivity contribution is 7.86. The molecule has 0 N–H and O–H groups in total. The number of hydrogen-bond acceptors (Lipinski definition) is 2. The average Bonchev–Trinajstić information content (AvgIpc) is 1.97. The van der Waals surface area contributed by atoms with Crippen LogP contribution in [0.25, 0.3) is 0 Å². The van der Waals surface area contributed by atoms with E-state index < -0.39 is 37.6 Å². The van der Waals surface area contributed by atoms with Crippen LogP contribution in [0.2, 0.25) is 5.02 Å². The Morgan fingerprint density at radius 1 is 1.14 bits per heavy atom. The van der Waals surface area contributed by atoms with Crippen molar-refractivity contribution in [2.45, 2.75) is 4.90 Å². The largest absolute Gasteiger partial charge is 0.338 e. The summed E-state index contributed by atoms with van der Waals surface area (Å²) in [5.74, 6) is -5.35. The van der Waals surface area contributed by atoms with Gasteiger partial charge < -0.3 is 0 Å². The van der Waals surface area contributed by atoms with Gasteiger partial charge in [0.2, 0.25) is 0 Å². The molecule has 0 spiro atoms. The summed E-state index contributed by atoms with van der Waals surface area (Å²) in [7, 11) is -5.60. The Morgan fingerprint density at radius 2 is 1.64 bits per heavy atom. The molecule has 0 unspecified atom stereocenters. The maximum Gasteiger partial charge on any atom is 0.338 e. The van der Waals surface area contributed by atoms with Crippen LogP contribution >= 0.6 is 11.6 Å². The molecule has 2 nitrogen and oxygen atoms in total. The fraction of sp³-hybridized carbons (Fsp3) is 0. The summed E-state index contributed by atoms with van der Waals surface area (Å²) in [6, 6.07) is -0.0160. The first-order valence-electron chi connectivity index (χ1n) is 3.03. The van der Waals surface area contributed by atoms with Crippen molar-refractivity contribution in [2.24, 2.45) is 0 Å². The number of benzene rings is 1. The third-order valence-corrected chi connectivity index (χ3v) is 2.52. The zero-order valence-corrected chi connectivity index (χ0v) is 7.76. The summed E-state index contributed by atoms with van der Waals surface area (Å²) in [6.45, 7) is 0. The van der Waals surface area contributed by atoms with E-state index in [1.165, 1.54) is 0 Å². The third-order valence-electron chi connectivity index (χ3n) is 1.32. The van der Waals surface area contributed by atoms with Gasteiger partial charge in [-0.2, -0.15) is 8.42 Å². The van der Waals surface area contributed by atoms with Gasteiger partial charge in [0.15, 0.2) is 16.5 Å². The van der Waals surface area contributed by atoms with Crippen LogP contribution in [-0.2, 0) is 10.2 Å². The highest BCUT2D eigenvalue weighted by Gasteiger charge is 2.27. The van der Waals surface area contributed by atoms with E-state index in [4.69, 9.17) is 11.6 Å². The monoisotopic (exact) mass is 248 g/mol. The molecule has 0 aliphatic heterocycles. The number of rotatable bonds is 1. The van der Waals surface area contributed by atoms with Gasteiger partial charge in [-0.15, -0.1) is 3.89 Å². The van der Waals surface area contributed by atoms with E-state index in [-0.39, 0.29) is 6.07 Å². The molecule has 0 saturated heterocycles. The Hall–Kier alpha value is -0.820. The molecule has 1 aromatic carbocycles. The Kier molecular flexibility index (Phi) is 2.73. The van der Waals surface area contributed by atoms with Crippen LogP contribution in [0.1, 0.15) is 0 Å². The molecular weight excluding hydrogens is 248 g/mol. The lowest BCUT2D eigenvalue weighted by Crippen LogP contribution is -2.03. The molecule has 1 rings (SSSR count). The maximum atomic E-state index is 12.8. The highest BCUT2D eigenvalue weighted by Crippen LogP contribution is 2.28. The zero-order chi connectivity index (χ0) is 11.1. The van der Waals surface area contributed by atoms with Crippen molar-refractivity contribution in [1.82, 2.24) is 0 Å². The van der Waals surface area contributed by atoms with E-state index in [9.17, 15) is 25.5 Å². The van der Waals surface area contributed by atoms with Gasteiger partial charge in [-0.1, -0.05) is 11.6 Å². The highest BCUT2D eigenvalue weighted by atomic mass is 35.5. The van der Waals surface area contributed by atoms with E-state index in [2.05, 4.69) is 0 Å². The lowest BCUT2D eigenvalue weighted by atomic mass is 10.3. The molecule has 0 saturated carbocycles. The maximum absolute atomic E-state index is 12.8. The smallest absolute Gasteiger partial charge is 0.205 e. The van der Waals surface area contributed by atoms with Gasteiger partial charge in [-0.3, -0.25) is 0 Å². The van der Waals surface area contributed by atoms with E-state index in [0.717, 1.165) is 0 Å². The fourth-order valence-corrected chi connectivity index (χ4v) is 1.59. The number of hydrogen-bond donors (Lipinski definition) is 0. The third kappa shape index (κ3) is 1.83. The molecule has 8 heteroatoms. The summed E-state index contributed by atoms with van der Waals surface area (Å²) in [5.41, 5.74) is 0. The SMILES string of the molecule is O=S(=O)(F)c1c(F)cc(F)c(Cl)c1F. The van der Waals surface area contributed by atoms with Crippen molar-refractivity contribution < 1.29 is 25.5 Å². The van der Waals surface area contributed by atoms with Crippen LogP contribution in [0, 0.1) is 17.5 Å². The molecule has 0 heterocycles. The minimum atomic E-state index is -5.60. The molecule has 0 radical (unpaired) electrons. The minimum absolute atomic E-state index is 0.0160. The molecule has 78 valence electrons. The van der Waals surface area contributed by atoms with Crippen molar-refractivity contribution in [1.29, 1.82) is 0 Å². The molecule has 0 bridgehead atoms. The summed E-state index contributed by atoms with van der Waals surface area (Å²) >= 11 is 4.91. The van der Waals surface area contributed by atoms with Gasteiger partial charge in [-0.05, 0) is 0 Å². The number of halogens is 5. The first kappa shape index (κ1) is 11.3. The molecule has 0 aliphatic rings. The van der Waals surface area contributed by atoms with Crippen molar-refractivity contribution in [3.8, 4) is 0 Å². The van der Waals surface area contributed by atoms with Crippen LogP contribution < -0.4 is 0 Å². The molecule has 0 amide bonds. The first-order valence-corrected chi connectivity index (χ1v) is 4.79. The lowest BCUT2D eigenvalue weighted by Gasteiger charge is -2.02. The molecule has 1 aromatic rings. The molecular formula is C6HClF4O2S. The van der Waals surface area contributed by atoms with Crippen LogP contribution in [0.5, 0.6) is 0 Å². The van der Waals surface area contributed by atoms with Crippen molar-refractivity contribution >= 4 is 21.8 Å². The van der Waals surface area contributed by atoms with E-state index >= 15 is 0 Å². The Balaban J connectivity index is 3.70. The van der Waals surface area contributed by atoms with Gasteiger partial charge in [0.1, 0.15) is 10.8 Å². The summed E-state index contributed by atoms with van der Waals surface area (Å²) < 4.78 is 70.6. The van der Waals surface area contributed by atoms with E-state index in [1.807, 2.05) is 0 Å². The fourth-order valence-electron chi connectivity index (χ4n) is 0.773. The standard InChI is InChI=1S/C6HClF4O2S/c7-4-2(8)1-3(9)6(5(4)10)14(11,12)13/h1H. The quantitative estimate of drug-likeness (QED) is 0.331. The lowest BCUT2D eigenvalue weighted by molar-refractivity contribution is 0.484. The summed E-state index contributed by atoms with van der Waals surface area (Å²) in [4.78, 5) is -1.89. The molecule has 0 aliphatic carbocycles. The summed E-state index contributed by atoms with van der Waals surface area (Å²) in [6.07, 6.45) is 0. The van der Waals surface area contributed by atoms with Gasteiger partial charge in [0.25, 0.3) is 0 Å². The first-order chi connectivity index (χ1) is 6.25.